The van der Waals surface area contributed by atoms with E-state index < -0.39 is 0 Å². The molecule has 0 aliphatic carbocycles. The van der Waals surface area contributed by atoms with E-state index in [2.05, 4.69) is 15.6 Å². The fourth-order valence-corrected chi connectivity index (χ4v) is 2.44. The Kier molecular flexibility index (Phi) is 4.00. The van der Waals surface area contributed by atoms with E-state index in [-0.39, 0.29) is 12.1 Å². The minimum absolute atomic E-state index is 0.0365. The average molecular weight is 283 g/mol. The molecule has 2 aromatic rings. The number of hydrogen-bond acceptors (Lipinski definition) is 3. The number of nitrogens with one attached hydrogen (secondary N) is 2. The molecule has 0 fully saturated rings. The number of benzene rings is 1. The van der Waals surface area contributed by atoms with Gasteiger partial charge < -0.3 is 15.4 Å². The Morgan fingerprint density at radius 1 is 1.19 bits per heavy atom. The van der Waals surface area contributed by atoms with Crippen molar-refractivity contribution in [3.8, 4) is 5.75 Å². The summed E-state index contributed by atoms with van der Waals surface area (Å²) in [5.41, 5.74) is 1.75. The topological polar surface area (TPSA) is 63.2 Å². The molecular formula is C16H17N3O2. The Morgan fingerprint density at radius 2 is 2.00 bits per heavy atom. The van der Waals surface area contributed by atoms with E-state index in [0.29, 0.717) is 6.61 Å². The molecule has 1 atom stereocenters. The fraction of sp³-hybridized carbons (Fsp3) is 0.250. The largest absolute Gasteiger partial charge is 0.493 e. The van der Waals surface area contributed by atoms with Crippen LogP contribution in [0.4, 0.5) is 10.5 Å². The molecule has 1 aliphatic heterocycles. The van der Waals surface area contributed by atoms with Gasteiger partial charge in [-0.2, -0.15) is 0 Å². The second-order valence-corrected chi connectivity index (χ2v) is 4.92. The molecule has 1 aromatic heterocycles. The lowest BCUT2D eigenvalue weighted by Gasteiger charge is -2.18. The van der Waals surface area contributed by atoms with Crippen molar-refractivity contribution >= 4 is 11.7 Å². The lowest BCUT2D eigenvalue weighted by molar-refractivity contribution is 0.247. The zero-order chi connectivity index (χ0) is 14.5. The molecule has 0 spiro atoms. The van der Waals surface area contributed by atoms with Crippen molar-refractivity contribution in [1.82, 2.24) is 10.3 Å². The van der Waals surface area contributed by atoms with E-state index in [0.717, 1.165) is 29.8 Å². The minimum Gasteiger partial charge on any atom is -0.493 e. The number of nitrogens with zero attached hydrogens (tertiary/aromatic N) is 1. The number of carbonyl (C=O) groups excluding carboxylic acids is 1. The molecule has 2 N–H and O–H groups in total. The molecule has 2 amide bonds. The van der Waals surface area contributed by atoms with Crippen LogP contribution in [-0.4, -0.2) is 17.6 Å². The van der Waals surface area contributed by atoms with Crippen LogP contribution in [0.5, 0.6) is 5.75 Å². The zero-order valence-corrected chi connectivity index (χ0v) is 11.6. The van der Waals surface area contributed by atoms with Crippen LogP contribution in [-0.2, 0) is 0 Å². The third-order valence-corrected chi connectivity index (χ3v) is 3.43. The Bertz CT molecular complexity index is 616. The van der Waals surface area contributed by atoms with Crippen LogP contribution in [0, 0.1) is 0 Å². The first kappa shape index (κ1) is 13.4. The van der Waals surface area contributed by atoms with Gasteiger partial charge in [-0.25, -0.2) is 4.79 Å². The standard InChI is InChI=1S/C16H17N3O2/c20-16(18-12-7-9-17-10-8-12)19-14-5-3-11-21-15-6-2-1-4-13(14)15/h1-2,4,6-10,14H,3,5,11H2,(H2,17,18,19,20)/t14-/m1/s1. The predicted octanol–water partition coefficient (Wildman–Crippen LogP) is 3.12. The molecule has 0 unspecified atom stereocenters. The maximum Gasteiger partial charge on any atom is 0.319 e. The van der Waals surface area contributed by atoms with Crippen LogP contribution in [0.2, 0.25) is 0 Å². The summed E-state index contributed by atoms with van der Waals surface area (Å²) in [6.07, 6.45) is 5.06. The quantitative estimate of drug-likeness (QED) is 0.890. The van der Waals surface area contributed by atoms with Crippen molar-refractivity contribution in [2.45, 2.75) is 18.9 Å². The number of hydrogen-bond donors (Lipinski definition) is 2. The summed E-state index contributed by atoms with van der Waals surface area (Å²) in [5.74, 6) is 0.851. The van der Waals surface area contributed by atoms with E-state index in [1.807, 2.05) is 24.3 Å². The number of fused-ring (bicyclic) bond motifs is 1. The lowest BCUT2D eigenvalue weighted by atomic mass is 10.0. The number of carbonyl (C=O) groups is 1. The minimum atomic E-state index is -0.220. The maximum atomic E-state index is 12.1. The fourth-order valence-electron chi connectivity index (χ4n) is 2.44. The number of para-hydroxylation sites is 1. The van der Waals surface area contributed by atoms with Gasteiger partial charge in [-0.3, -0.25) is 4.98 Å². The highest BCUT2D eigenvalue weighted by Crippen LogP contribution is 2.31. The average Bonchev–Trinajstić information content (AvgIpc) is 2.71. The van der Waals surface area contributed by atoms with E-state index >= 15 is 0 Å². The molecular weight excluding hydrogens is 266 g/mol. The van der Waals surface area contributed by atoms with Gasteiger partial charge in [0.15, 0.2) is 0 Å². The molecule has 1 aromatic carbocycles. The van der Waals surface area contributed by atoms with Gasteiger partial charge in [-0.1, -0.05) is 18.2 Å². The van der Waals surface area contributed by atoms with Crippen molar-refractivity contribution in [3.63, 3.8) is 0 Å². The summed E-state index contributed by atoms with van der Waals surface area (Å²) >= 11 is 0. The van der Waals surface area contributed by atoms with Crippen molar-refractivity contribution < 1.29 is 9.53 Å². The summed E-state index contributed by atoms with van der Waals surface area (Å²) < 4.78 is 5.70. The van der Waals surface area contributed by atoms with Gasteiger partial charge in [0.25, 0.3) is 0 Å². The number of rotatable bonds is 2. The predicted molar refractivity (Wildman–Crippen MR) is 80.3 cm³/mol. The Balaban J connectivity index is 1.71. The van der Waals surface area contributed by atoms with Crippen molar-refractivity contribution in [1.29, 1.82) is 0 Å². The van der Waals surface area contributed by atoms with Crippen molar-refractivity contribution in [2.24, 2.45) is 0 Å². The monoisotopic (exact) mass is 283 g/mol. The molecule has 5 heteroatoms. The molecule has 2 heterocycles. The van der Waals surface area contributed by atoms with Gasteiger partial charge in [0.1, 0.15) is 5.75 Å². The van der Waals surface area contributed by atoms with Crippen molar-refractivity contribution in [2.75, 3.05) is 11.9 Å². The molecule has 5 nitrogen and oxygen atoms in total. The SMILES string of the molecule is O=C(Nc1ccncc1)N[C@@H]1CCCOc2ccccc21. The van der Waals surface area contributed by atoms with E-state index in [4.69, 9.17) is 4.74 Å². The number of anilines is 1. The van der Waals surface area contributed by atoms with Crippen LogP contribution in [0.3, 0.4) is 0 Å². The molecule has 3 rings (SSSR count). The van der Waals surface area contributed by atoms with Gasteiger partial charge in [0.05, 0.1) is 12.6 Å². The Hall–Kier alpha value is -2.56. The lowest BCUT2D eigenvalue weighted by Crippen LogP contribution is -2.32. The summed E-state index contributed by atoms with van der Waals surface area (Å²) in [6, 6.07) is 11.1. The van der Waals surface area contributed by atoms with Crippen LogP contribution in [0.25, 0.3) is 0 Å². The van der Waals surface area contributed by atoms with Gasteiger partial charge in [-0.05, 0) is 31.0 Å². The van der Waals surface area contributed by atoms with E-state index in [1.54, 1.807) is 24.5 Å². The van der Waals surface area contributed by atoms with Gasteiger partial charge >= 0.3 is 6.03 Å². The number of amides is 2. The third-order valence-electron chi connectivity index (χ3n) is 3.43. The van der Waals surface area contributed by atoms with Crippen LogP contribution in [0.15, 0.2) is 48.8 Å². The molecule has 108 valence electrons. The molecule has 0 radical (unpaired) electrons. The van der Waals surface area contributed by atoms with Crippen LogP contribution in [0.1, 0.15) is 24.4 Å². The smallest absolute Gasteiger partial charge is 0.319 e. The number of pyridine rings is 1. The van der Waals surface area contributed by atoms with Crippen LogP contribution >= 0.6 is 0 Å². The van der Waals surface area contributed by atoms with Gasteiger partial charge in [0.2, 0.25) is 0 Å². The highest BCUT2D eigenvalue weighted by molar-refractivity contribution is 5.89. The second-order valence-electron chi connectivity index (χ2n) is 4.92. The van der Waals surface area contributed by atoms with E-state index in [1.165, 1.54) is 0 Å². The number of ether oxygens (including phenoxy) is 1. The highest BCUT2D eigenvalue weighted by atomic mass is 16.5. The first-order chi connectivity index (χ1) is 10.3. The first-order valence-electron chi connectivity index (χ1n) is 7.02. The molecule has 0 saturated carbocycles. The second kappa shape index (κ2) is 6.26. The van der Waals surface area contributed by atoms with Crippen molar-refractivity contribution in [3.05, 3.63) is 54.4 Å². The molecule has 0 bridgehead atoms. The van der Waals surface area contributed by atoms with E-state index in [9.17, 15) is 4.79 Å². The summed E-state index contributed by atoms with van der Waals surface area (Å²) in [4.78, 5) is 16.0. The Morgan fingerprint density at radius 3 is 2.86 bits per heavy atom. The Labute approximate surface area is 123 Å². The zero-order valence-electron chi connectivity index (χ0n) is 11.6. The summed E-state index contributed by atoms with van der Waals surface area (Å²) in [7, 11) is 0. The van der Waals surface area contributed by atoms with Gasteiger partial charge in [0, 0.05) is 23.6 Å². The normalized spacial score (nSPS) is 17.0. The third kappa shape index (κ3) is 3.31. The number of urea groups is 1. The summed E-state index contributed by atoms with van der Waals surface area (Å²) in [6.45, 7) is 0.682. The summed E-state index contributed by atoms with van der Waals surface area (Å²) in [5, 5.41) is 5.82. The van der Waals surface area contributed by atoms with Gasteiger partial charge in [-0.15, -0.1) is 0 Å². The highest BCUT2D eigenvalue weighted by Gasteiger charge is 2.20. The molecule has 0 saturated heterocycles. The first-order valence-corrected chi connectivity index (χ1v) is 7.02. The maximum absolute atomic E-state index is 12.1. The van der Waals surface area contributed by atoms with Crippen LogP contribution < -0.4 is 15.4 Å². The number of aromatic nitrogens is 1. The molecule has 21 heavy (non-hydrogen) atoms. The molecule has 1 aliphatic rings.